The van der Waals surface area contributed by atoms with Crippen molar-refractivity contribution in [2.45, 2.75) is 83.6 Å². The lowest BCUT2D eigenvalue weighted by molar-refractivity contribution is 0.0758. The molecule has 0 bridgehead atoms. The maximum absolute atomic E-state index is 3.60. The summed E-state index contributed by atoms with van der Waals surface area (Å²) in [5.41, 5.74) is 0.792. The quantitative estimate of drug-likeness (QED) is 0.817. The minimum absolute atomic E-state index is 0.792. The Morgan fingerprint density at radius 3 is 2.38 bits per heavy atom. The van der Waals surface area contributed by atoms with Crippen LogP contribution in [0.2, 0.25) is 0 Å². The van der Waals surface area contributed by atoms with E-state index in [1.54, 1.807) is 12.8 Å². The second-order valence-corrected chi connectivity index (χ2v) is 8.15. The molecule has 2 nitrogen and oxygen atoms in total. The van der Waals surface area contributed by atoms with Gasteiger partial charge in [0.25, 0.3) is 0 Å². The molecule has 1 unspecified atom stereocenters. The van der Waals surface area contributed by atoms with Crippen LogP contribution in [0, 0.1) is 11.3 Å². The molecule has 21 heavy (non-hydrogen) atoms. The van der Waals surface area contributed by atoms with Crippen LogP contribution < -0.4 is 5.32 Å². The minimum Gasteiger partial charge on any atom is -0.316 e. The highest BCUT2D eigenvalue weighted by atomic mass is 15.2. The second kappa shape index (κ2) is 7.46. The smallest absolute Gasteiger partial charge is 0.00957 e. The van der Waals surface area contributed by atoms with E-state index in [0.29, 0.717) is 0 Å². The topological polar surface area (TPSA) is 15.3 Å². The summed E-state index contributed by atoms with van der Waals surface area (Å²) in [4.78, 5) is 2.87. The average molecular weight is 293 g/mol. The summed E-state index contributed by atoms with van der Waals surface area (Å²) in [6.07, 6.45) is 16.3. The van der Waals surface area contributed by atoms with Crippen LogP contribution in [0.1, 0.15) is 77.6 Å². The molecule has 0 aromatic rings. The van der Waals surface area contributed by atoms with Crippen LogP contribution in [0.15, 0.2) is 0 Å². The van der Waals surface area contributed by atoms with Crippen molar-refractivity contribution >= 4 is 0 Å². The summed E-state index contributed by atoms with van der Waals surface area (Å²) in [6, 6.07) is 0.901. The number of hydrogen-bond donors (Lipinski definition) is 1. The van der Waals surface area contributed by atoms with E-state index in [9.17, 15) is 0 Å². The van der Waals surface area contributed by atoms with Crippen LogP contribution in [0.3, 0.4) is 0 Å². The molecule has 0 amide bonds. The van der Waals surface area contributed by atoms with Crippen LogP contribution >= 0.6 is 0 Å². The molecule has 3 rings (SSSR count). The molecule has 0 radical (unpaired) electrons. The number of rotatable bonds is 5. The normalized spacial score (nSPS) is 30.3. The zero-order chi connectivity index (χ0) is 14.5. The van der Waals surface area contributed by atoms with Gasteiger partial charge in [-0.15, -0.1) is 0 Å². The van der Waals surface area contributed by atoms with Gasteiger partial charge in [0.2, 0.25) is 0 Å². The highest BCUT2D eigenvalue weighted by Crippen LogP contribution is 2.49. The lowest BCUT2D eigenvalue weighted by Gasteiger charge is -2.43. The Balaban J connectivity index is 1.51. The van der Waals surface area contributed by atoms with Gasteiger partial charge in [-0.1, -0.05) is 19.8 Å². The second-order valence-electron chi connectivity index (χ2n) is 8.15. The molecule has 1 atom stereocenters. The lowest BCUT2D eigenvalue weighted by atomic mass is 9.71. The molecule has 1 aliphatic heterocycles. The molecule has 1 spiro atoms. The molecule has 1 saturated heterocycles. The Labute approximate surface area is 132 Å². The van der Waals surface area contributed by atoms with E-state index in [-0.39, 0.29) is 0 Å². The molecule has 122 valence electrons. The van der Waals surface area contributed by atoms with E-state index in [1.807, 2.05) is 0 Å². The molecule has 0 aromatic carbocycles. The SMILES string of the molecule is CCCN(CC1CCCNC1)C1CCC2(CCCC2)CC1. The molecular formula is C19H36N2. The monoisotopic (exact) mass is 292 g/mol. The maximum atomic E-state index is 3.60. The first kappa shape index (κ1) is 15.8. The first-order valence-corrected chi connectivity index (χ1v) is 9.76. The van der Waals surface area contributed by atoms with Gasteiger partial charge in [0.05, 0.1) is 0 Å². The molecule has 2 saturated carbocycles. The standard InChI is InChI=1S/C19H36N2/c1-2-14-21(16-17-6-5-13-20-15-17)18-7-11-19(12-8-18)9-3-4-10-19/h17-18,20H,2-16H2,1H3. The third-order valence-electron chi connectivity index (χ3n) is 6.60. The van der Waals surface area contributed by atoms with E-state index >= 15 is 0 Å². The molecule has 3 fully saturated rings. The molecule has 1 heterocycles. The van der Waals surface area contributed by atoms with E-state index in [0.717, 1.165) is 17.4 Å². The summed E-state index contributed by atoms with van der Waals surface area (Å²) in [5, 5.41) is 3.60. The van der Waals surface area contributed by atoms with Crippen LogP contribution in [0.4, 0.5) is 0 Å². The van der Waals surface area contributed by atoms with Crippen molar-refractivity contribution in [2.24, 2.45) is 11.3 Å². The van der Waals surface area contributed by atoms with Crippen molar-refractivity contribution in [3.8, 4) is 0 Å². The van der Waals surface area contributed by atoms with Crippen LogP contribution in [0.25, 0.3) is 0 Å². The zero-order valence-electron chi connectivity index (χ0n) is 14.2. The Morgan fingerprint density at radius 2 is 1.76 bits per heavy atom. The van der Waals surface area contributed by atoms with E-state index in [2.05, 4.69) is 17.1 Å². The minimum atomic E-state index is 0.792. The first-order chi connectivity index (χ1) is 10.3. The molecule has 2 aliphatic carbocycles. The Kier molecular flexibility index (Phi) is 5.61. The first-order valence-electron chi connectivity index (χ1n) is 9.76. The molecule has 0 aromatic heterocycles. The van der Waals surface area contributed by atoms with Crippen LogP contribution in [-0.2, 0) is 0 Å². The highest BCUT2D eigenvalue weighted by Gasteiger charge is 2.38. The predicted molar refractivity (Wildman–Crippen MR) is 90.6 cm³/mol. The third-order valence-corrected chi connectivity index (χ3v) is 6.60. The summed E-state index contributed by atoms with van der Waals surface area (Å²) >= 11 is 0. The number of nitrogens with one attached hydrogen (secondary N) is 1. The summed E-state index contributed by atoms with van der Waals surface area (Å²) in [6.45, 7) is 7.55. The molecular weight excluding hydrogens is 256 g/mol. The molecule has 1 N–H and O–H groups in total. The number of nitrogens with zero attached hydrogens (tertiary/aromatic N) is 1. The van der Waals surface area contributed by atoms with Gasteiger partial charge in [0.1, 0.15) is 0 Å². The van der Waals surface area contributed by atoms with Gasteiger partial charge >= 0.3 is 0 Å². The Bertz CT molecular complexity index is 293. The fraction of sp³-hybridized carbons (Fsp3) is 1.00. The third kappa shape index (κ3) is 4.01. The van der Waals surface area contributed by atoms with Crippen molar-refractivity contribution < 1.29 is 0 Å². The van der Waals surface area contributed by atoms with Gasteiger partial charge in [-0.3, -0.25) is 0 Å². The van der Waals surface area contributed by atoms with Crippen molar-refractivity contribution in [1.82, 2.24) is 10.2 Å². The van der Waals surface area contributed by atoms with Crippen LogP contribution in [0.5, 0.6) is 0 Å². The maximum Gasteiger partial charge on any atom is 0.00957 e. The Morgan fingerprint density at radius 1 is 1.00 bits per heavy atom. The van der Waals surface area contributed by atoms with Crippen molar-refractivity contribution in [3.05, 3.63) is 0 Å². The van der Waals surface area contributed by atoms with E-state index in [1.165, 1.54) is 84.0 Å². The largest absolute Gasteiger partial charge is 0.316 e. The van der Waals surface area contributed by atoms with E-state index < -0.39 is 0 Å². The number of piperidine rings is 1. The summed E-state index contributed by atoms with van der Waals surface area (Å²) in [7, 11) is 0. The Hall–Kier alpha value is -0.0800. The van der Waals surface area contributed by atoms with Crippen molar-refractivity contribution in [1.29, 1.82) is 0 Å². The van der Waals surface area contributed by atoms with Gasteiger partial charge in [0, 0.05) is 12.6 Å². The van der Waals surface area contributed by atoms with Crippen LogP contribution in [-0.4, -0.2) is 37.1 Å². The fourth-order valence-electron chi connectivity index (χ4n) is 5.33. The van der Waals surface area contributed by atoms with Gasteiger partial charge < -0.3 is 10.2 Å². The van der Waals surface area contributed by atoms with E-state index in [4.69, 9.17) is 0 Å². The van der Waals surface area contributed by atoms with Gasteiger partial charge in [-0.25, -0.2) is 0 Å². The van der Waals surface area contributed by atoms with Crippen molar-refractivity contribution in [2.75, 3.05) is 26.2 Å². The predicted octanol–water partition coefficient (Wildman–Crippen LogP) is 4.20. The van der Waals surface area contributed by atoms with Gasteiger partial charge in [-0.05, 0) is 88.8 Å². The average Bonchev–Trinajstić information content (AvgIpc) is 2.97. The summed E-state index contributed by atoms with van der Waals surface area (Å²) in [5.74, 6) is 0.910. The molecule has 2 heteroatoms. The van der Waals surface area contributed by atoms with Gasteiger partial charge in [0.15, 0.2) is 0 Å². The van der Waals surface area contributed by atoms with Gasteiger partial charge in [-0.2, -0.15) is 0 Å². The highest BCUT2D eigenvalue weighted by molar-refractivity contribution is 4.92. The fourth-order valence-corrected chi connectivity index (χ4v) is 5.33. The number of hydrogen-bond acceptors (Lipinski definition) is 2. The van der Waals surface area contributed by atoms with Crippen molar-refractivity contribution in [3.63, 3.8) is 0 Å². The lowest BCUT2D eigenvalue weighted by Crippen LogP contribution is -2.45. The molecule has 3 aliphatic rings. The zero-order valence-corrected chi connectivity index (χ0v) is 14.2. The summed E-state index contributed by atoms with van der Waals surface area (Å²) < 4.78 is 0.